The summed E-state index contributed by atoms with van der Waals surface area (Å²) < 4.78 is 5.16. The smallest absolute Gasteiger partial charge is 0.257 e. The van der Waals surface area contributed by atoms with Crippen LogP contribution in [-0.4, -0.2) is 57.0 Å². The summed E-state index contributed by atoms with van der Waals surface area (Å²) in [6.45, 7) is 7.22. The van der Waals surface area contributed by atoms with E-state index in [1.807, 2.05) is 18.7 Å². The lowest BCUT2D eigenvalue weighted by molar-refractivity contribution is -0.125. The van der Waals surface area contributed by atoms with Crippen LogP contribution in [0.25, 0.3) is 0 Å². The van der Waals surface area contributed by atoms with Crippen LogP contribution < -0.4 is 10.6 Å². The minimum atomic E-state index is -0.311. The minimum Gasteiger partial charge on any atom is -0.361 e. The summed E-state index contributed by atoms with van der Waals surface area (Å²) in [7, 11) is 0. The molecule has 2 amide bonds. The Morgan fingerprint density at radius 3 is 2.89 bits per heavy atom. The van der Waals surface area contributed by atoms with Crippen LogP contribution in [0.4, 0.5) is 0 Å². The first kappa shape index (κ1) is 19.1. The van der Waals surface area contributed by atoms with Crippen molar-refractivity contribution < 1.29 is 14.1 Å². The summed E-state index contributed by atoms with van der Waals surface area (Å²) in [6.07, 6.45) is 4.61. The number of H-pyrrole nitrogens is 1. The second-order valence-electron chi connectivity index (χ2n) is 6.70. The predicted octanol–water partition coefficient (Wildman–Crippen LogP) is 0.778. The molecule has 0 saturated carbocycles. The Morgan fingerprint density at radius 1 is 1.41 bits per heavy atom. The van der Waals surface area contributed by atoms with Crippen molar-refractivity contribution in [3.8, 4) is 0 Å². The number of aromatic nitrogens is 3. The second-order valence-corrected chi connectivity index (χ2v) is 6.70. The maximum absolute atomic E-state index is 12.7. The lowest BCUT2D eigenvalue weighted by atomic mass is 10.1. The van der Waals surface area contributed by atoms with Crippen LogP contribution >= 0.6 is 0 Å². The van der Waals surface area contributed by atoms with Gasteiger partial charge in [0.2, 0.25) is 5.91 Å². The number of rotatable bonds is 7. The van der Waals surface area contributed by atoms with Gasteiger partial charge in [0.05, 0.1) is 18.3 Å². The molecule has 3 N–H and O–H groups in total. The van der Waals surface area contributed by atoms with Crippen molar-refractivity contribution in [1.29, 1.82) is 0 Å². The highest BCUT2D eigenvalue weighted by atomic mass is 16.5. The molecule has 0 unspecified atom stereocenters. The van der Waals surface area contributed by atoms with Crippen LogP contribution in [0.1, 0.15) is 47.9 Å². The van der Waals surface area contributed by atoms with Crippen molar-refractivity contribution in [2.24, 2.45) is 0 Å². The number of amides is 2. The third kappa shape index (κ3) is 4.19. The molecule has 27 heavy (non-hydrogen) atoms. The van der Waals surface area contributed by atoms with Crippen molar-refractivity contribution in [2.45, 2.75) is 52.2 Å². The zero-order valence-electron chi connectivity index (χ0n) is 15.9. The number of aromatic amines is 1. The zero-order chi connectivity index (χ0) is 19.4. The van der Waals surface area contributed by atoms with E-state index in [2.05, 4.69) is 25.8 Å². The fourth-order valence-corrected chi connectivity index (χ4v) is 3.53. The van der Waals surface area contributed by atoms with Crippen LogP contribution in [0.5, 0.6) is 0 Å². The molecule has 0 spiro atoms. The predicted molar refractivity (Wildman–Crippen MR) is 98.0 cm³/mol. The average molecular weight is 374 g/mol. The Balaban J connectivity index is 1.71. The summed E-state index contributed by atoms with van der Waals surface area (Å²) in [5, 5.41) is 9.86. The molecule has 9 heteroatoms. The van der Waals surface area contributed by atoms with E-state index in [1.165, 1.54) is 0 Å². The first-order chi connectivity index (χ1) is 13.0. The van der Waals surface area contributed by atoms with E-state index in [1.54, 1.807) is 19.3 Å². The average Bonchev–Trinajstić information content (AvgIpc) is 3.36. The van der Waals surface area contributed by atoms with Gasteiger partial charge in [-0.05, 0) is 26.7 Å². The largest absolute Gasteiger partial charge is 0.361 e. The Hall–Kier alpha value is -2.68. The first-order valence-electron chi connectivity index (χ1n) is 9.29. The summed E-state index contributed by atoms with van der Waals surface area (Å²) in [6, 6.07) is -0.450. The molecule has 146 valence electrons. The number of hydrogen-bond donors (Lipinski definition) is 3. The van der Waals surface area contributed by atoms with Gasteiger partial charge in [-0.1, -0.05) is 12.1 Å². The van der Waals surface area contributed by atoms with Crippen molar-refractivity contribution in [3.05, 3.63) is 35.2 Å². The van der Waals surface area contributed by atoms with Gasteiger partial charge in [-0.3, -0.25) is 14.5 Å². The second kappa shape index (κ2) is 8.34. The molecule has 2 atom stereocenters. The highest BCUT2D eigenvalue weighted by Crippen LogP contribution is 2.21. The fraction of sp³-hybridized carbons (Fsp3) is 0.556. The third-order valence-electron chi connectivity index (χ3n) is 4.80. The molecule has 3 heterocycles. The molecule has 0 bridgehead atoms. The van der Waals surface area contributed by atoms with Gasteiger partial charge in [-0.2, -0.15) is 0 Å². The van der Waals surface area contributed by atoms with Gasteiger partial charge in [0.25, 0.3) is 5.91 Å². The summed E-state index contributed by atoms with van der Waals surface area (Å²) in [4.78, 5) is 34.6. The van der Waals surface area contributed by atoms with Crippen LogP contribution in [0, 0.1) is 6.92 Å². The number of imidazole rings is 1. The molecule has 0 radical (unpaired) electrons. The Morgan fingerprint density at radius 2 is 2.22 bits per heavy atom. The van der Waals surface area contributed by atoms with Gasteiger partial charge in [0, 0.05) is 31.5 Å². The molecule has 1 aliphatic rings. The number of carbonyl (C=O) groups is 2. The lowest BCUT2D eigenvalue weighted by Gasteiger charge is -2.22. The minimum absolute atomic E-state index is 0.0313. The topological polar surface area (TPSA) is 116 Å². The standard InChI is InChI=1S/C18H26N6O3/c1-4-13-16(11(3)27-23-13)18(26)22-12-8-14(17(25)19-5-2)24(9-12)10-15-20-6-7-21-15/h6-7,12,14H,4-5,8-10H2,1-3H3,(H,19,25)(H,20,21)(H,22,26)/t12-,14+/m1/s1. The number of carbonyl (C=O) groups excluding carboxylic acids is 2. The summed E-state index contributed by atoms with van der Waals surface area (Å²) in [5.74, 6) is 1.07. The van der Waals surface area contributed by atoms with Crippen LogP contribution in [0.3, 0.4) is 0 Å². The van der Waals surface area contributed by atoms with Crippen molar-refractivity contribution >= 4 is 11.8 Å². The van der Waals surface area contributed by atoms with Gasteiger partial charge in [0.15, 0.2) is 0 Å². The Bertz CT molecular complexity index is 785. The fourth-order valence-electron chi connectivity index (χ4n) is 3.53. The van der Waals surface area contributed by atoms with E-state index in [-0.39, 0.29) is 23.9 Å². The quantitative estimate of drug-likeness (QED) is 0.659. The van der Waals surface area contributed by atoms with Gasteiger partial charge < -0.3 is 20.1 Å². The molecular formula is C18H26N6O3. The number of aryl methyl sites for hydroxylation is 2. The molecule has 1 fully saturated rings. The van der Waals surface area contributed by atoms with Crippen molar-refractivity contribution in [3.63, 3.8) is 0 Å². The van der Waals surface area contributed by atoms with Crippen LogP contribution in [0.2, 0.25) is 0 Å². The Labute approximate surface area is 157 Å². The Kier molecular flexibility index (Phi) is 5.90. The number of nitrogens with zero attached hydrogens (tertiary/aromatic N) is 3. The highest BCUT2D eigenvalue weighted by molar-refractivity contribution is 5.96. The molecule has 2 aromatic heterocycles. The number of hydrogen-bond acceptors (Lipinski definition) is 6. The van der Waals surface area contributed by atoms with Gasteiger partial charge >= 0.3 is 0 Å². The van der Waals surface area contributed by atoms with Crippen molar-refractivity contribution in [1.82, 2.24) is 30.7 Å². The van der Waals surface area contributed by atoms with Gasteiger partial charge in [-0.15, -0.1) is 0 Å². The number of likely N-dealkylation sites (N-methyl/N-ethyl adjacent to an activating group) is 1. The third-order valence-corrected chi connectivity index (χ3v) is 4.80. The first-order valence-corrected chi connectivity index (χ1v) is 9.29. The van der Waals surface area contributed by atoms with Gasteiger partial charge in [0.1, 0.15) is 17.1 Å². The normalized spacial score (nSPS) is 20.0. The van der Waals surface area contributed by atoms with Crippen LogP contribution in [0.15, 0.2) is 16.9 Å². The zero-order valence-corrected chi connectivity index (χ0v) is 15.9. The highest BCUT2D eigenvalue weighted by Gasteiger charge is 2.38. The molecule has 0 aliphatic carbocycles. The summed E-state index contributed by atoms with van der Waals surface area (Å²) >= 11 is 0. The van der Waals surface area contributed by atoms with E-state index in [0.717, 1.165) is 5.82 Å². The molecule has 2 aromatic rings. The van der Waals surface area contributed by atoms with E-state index in [9.17, 15) is 9.59 Å². The molecular weight excluding hydrogens is 348 g/mol. The SMILES string of the molecule is CCNC(=O)[C@@H]1C[C@@H](NC(=O)c2c(CC)noc2C)CN1Cc1ncc[nH]1. The van der Waals surface area contributed by atoms with E-state index in [4.69, 9.17) is 4.52 Å². The molecule has 1 saturated heterocycles. The van der Waals surface area contributed by atoms with Gasteiger partial charge in [-0.25, -0.2) is 4.98 Å². The summed E-state index contributed by atoms with van der Waals surface area (Å²) in [5.41, 5.74) is 1.15. The molecule has 0 aromatic carbocycles. The van der Waals surface area contributed by atoms with Crippen molar-refractivity contribution in [2.75, 3.05) is 13.1 Å². The molecule has 1 aliphatic heterocycles. The number of likely N-dealkylation sites (tertiary alicyclic amines) is 1. The van der Waals surface area contributed by atoms with E-state index >= 15 is 0 Å². The molecule has 9 nitrogen and oxygen atoms in total. The van der Waals surface area contributed by atoms with E-state index < -0.39 is 0 Å². The lowest BCUT2D eigenvalue weighted by Crippen LogP contribution is -2.42. The maximum atomic E-state index is 12.7. The van der Waals surface area contributed by atoms with E-state index in [0.29, 0.717) is 49.5 Å². The number of nitrogens with one attached hydrogen (secondary N) is 3. The van der Waals surface area contributed by atoms with Crippen LogP contribution in [-0.2, 0) is 17.8 Å². The maximum Gasteiger partial charge on any atom is 0.257 e. The monoisotopic (exact) mass is 374 g/mol. The molecule has 3 rings (SSSR count).